The van der Waals surface area contributed by atoms with E-state index < -0.39 is 0 Å². The van der Waals surface area contributed by atoms with Gasteiger partial charge < -0.3 is 0 Å². The highest BCUT2D eigenvalue weighted by Gasteiger charge is 2.52. The lowest BCUT2D eigenvalue weighted by atomic mass is 9.84. The summed E-state index contributed by atoms with van der Waals surface area (Å²) < 4.78 is 0. The second-order valence-electron chi connectivity index (χ2n) is 4.82. The van der Waals surface area contributed by atoms with Gasteiger partial charge in [-0.15, -0.1) is 12.3 Å². The van der Waals surface area contributed by atoms with Crippen molar-refractivity contribution in [3.63, 3.8) is 0 Å². The number of carbonyl (C=O) groups is 2. The number of hydrogen-bond donors (Lipinski definition) is 0. The molecule has 16 heavy (non-hydrogen) atoms. The fourth-order valence-electron chi connectivity index (χ4n) is 2.87. The molecule has 0 radical (unpaired) electrons. The van der Waals surface area contributed by atoms with Crippen molar-refractivity contribution in [1.29, 1.82) is 0 Å². The van der Waals surface area contributed by atoms with Crippen molar-refractivity contribution in [3.05, 3.63) is 0 Å². The van der Waals surface area contributed by atoms with Crippen LogP contribution in [0.25, 0.3) is 0 Å². The maximum Gasteiger partial charge on any atom is 0.235 e. The second kappa shape index (κ2) is 4.29. The van der Waals surface area contributed by atoms with E-state index in [0.717, 1.165) is 32.1 Å². The molecule has 1 spiro atoms. The molecule has 2 rings (SSSR count). The molecule has 0 aromatic carbocycles. The third-order valence-corrected chi connectivity index (χ3v) is 3.75. The third-order valence-electron chi connectivity index (χ3n) is 3.75. The van der Waals surface area contributed by atoms with Crippen LogP contribution in [0.2, 0.25) is 0 Å². The first-order valence-corrected chi connectivity index (χ1v) is 5.98. The number of nitrogens with zero attached hydrogens (tertiary/aromatic N) is 1. The quantitative estimate of drug-likeness (QED) is 0.412. The lowest BCUT2D eigenvalue weighted by Crippen LogP contribution is -2.35. The Morgan fingerprint density at radius 3 is 2.62 bits per heavy atom. The van der Waals surface area contributed by atoms with E-state index in [-0.39, 0.29) is 17.2 Å². The van der Waals surface area contributed by atoms with Crippen LogP contribution >= 0.6 is 0 Å². The minimum Gasteiger partial charge on any atom is -0.282 e. The molecule has 1 aliphatic heterocycles. The van der Waals surface area contributed by atoms with Gasteiger partial charge in [-0.25, -0.2) is 0 Å². The molecule has 2 aliphatic rings. The number of unbranched alkanes of at least 4 members (excludes halogenated alkanes) is 1. The molecule has 1 aliphatic carbocycles. The Balaban J connectivity index is 2.02. The number of likely N-dealkylation sites (tertiary alicyclic amines) is 1. The Labute approximate surface area is 96.2 Å². The molecule has 0 unspecified atom stereocenters. The molecule has 0 aromatic heterocycles. The van der Waals surface area contributed by atoms with Crippen molar-refractivity contribution in [1.82, 2.24) is 4.90 Å². The average Bonchev–Trinajstić information content (AvgIpc) is 2.80. The average molecular weight is 219 g/mol. The molecule has 1 heterocycles. The largest absolute Gasteiger partial charge is 0.282 e. The van der Waals surface area contributed by atoms with Gasteiger partial charge in [-0.3, -0.25) is 14.5 Å². The van der Waals surface area contributed by atoms with Gasteiger partial charge in [0, 0.05) is 19.4 Å². The van der Waals surface area contributed by atoms with Gasteiger partial charge in [-0.2, -0.15) is 0 Å². The van der Waals surface area contributed by atoms with Crippen molar-refractivity contribution >= 4 is 11.8 Å². The van der Waals surface area contributed by atoms with E-state index in [9.17, 15) is 9.59 Å². The molecule has 86 valence electrons. The minimum absolute atomic E-state index is 0.00363. The summed E-state index contributed by atoms with van der Waals surface area (Å²) in [5.41, 5.74) is -0.326. The highest BCUT2D eigenvalue weighted by atomic mass is 16.2. The summed E-state index contributed by atoms with van der Waals surface area (Å²) in [5, 5.41) is 0. The Bertz CT molecular complexity index is 347. The van der Waals surface area contributed by atoms with Crippen LogP contribution in [0.5, 0.6) is 0 Å². The molecule has 2 fully saturated rings. The lowest BCUT2D eigenvalue weighted by Gasteiger charge is -2.20. The van der Waals surface area contributed by atoms with Crippen LogP contribution in [-0.4, -0.2) is 23.3 Å². The molecule has 1 saturated heterocycles. The van der Waals surface area contributed by atoms with Crippen molar-refractivity contribution in [2.24, 2.45) is 5.41 Å². The van der Waals surface area contributed by atoms with Gasteiger partial charge in [0.25, 0.3) is 0 Å². The summed E-state index contributed by atoms with van der Waals surface area (Å²) in [4.78, 5) is 25.4. The van der Waals surface area contributed by atoms with Crippen molar-refractivity contribution < 1.29 is 9.59 Å². The molecule has 3 heteroatoms. The standard InChI is InChI=1S/C13H17NO2/c1-2-3-6-9-14-11(15)10-13(12(14)16)7-4-5-8-13/h1H,3-10H2. The lowest BCUT2D eigenvalue weighted by molar-refractivity contribution is -0.141. The molecule has 2 amide bonds. The summed E-state index contributed by atoms with van der Waals surface area (Å²) in [7, 11) is 0. The zero-order chi connectivity index (χ0) is 11.6. The summed E-state index contributed by atoms with van der Waals surface area (Å²) in [6.07, 6.45) is 10.9. The van der Waals surface area contributed by atoms with Crippen molar-refractivity contribution in [3.8, 4) is 12.3 Å². The number of rotatable bonds is 3. The summed E-state index contributed by atoms with van der Waals surface area (Å²) >= 11 is 0. The van der Waals surface area contributed by atoms with E-state index in [2.05, 4.69) is 5.92 Å². The number of terminal acetylenes is 1. The van der Waals surface area contributed by atoms with E-state index in [1.165, 1.54) is 4.90 Å². The molecular weight excluding hydrogens is 202 g/mol. The third kappa shape index (κ3) is 1.73. The van der Waals surface area contributed by atoms with Crippen LogP contribution in [0.3, 0.4) is 0 Å². The summed E-state index contributed by atoms with van der Waals surface area (Å²) in [6.45, 7) is 0.504. The number of amides is 2. The SMILES string of the molecule is C#CCCCN1C(=O)CC2(CCCC2)C1=O. The van der Waals surface area contributed by atoms with Crippen LogP contribution in [0, 0.1) is 17.8 Å². The van der Waals surface area contributed by atoms with Gasteiger partial charge in [0.15, 0.2) is 0 Å². The second-order valence-corrected chi connectivity index (χ2v) is 4.82. The molecule has 0 atom stereocenters. The first-order valence-electron chi connectivity index (χ1n) is 5.98. The fourth-order valence-corrected chi connectivity index (χ4v) is 2.87. The first kappa shape index (κ1) is 11.2. The first-order chi connectivity index (χ1) is 7.69. The van der Waals surface area contributed by atoms with E-state index in [0.29, 0.717) is 19.4 Å². The van der Waals surface area contributed by atoms with Crippen molar-refractivity contribution in [2.75, 3.05) is 6.54 Å². The summed E-state index contributed by atoms with van der Waals surface area (Å²) in [5.74, 6) is 2.60. The summed E-state index contributed by atoms with van der Waals surface area (Å²) in [6, 6.07) is 0. The Morgan fingerprint density at radius 2 is 2.00 bits per heavy atom. The van der Waals surface area contributed by atoms with Crippen LogP contribution < -0.4 is 0 Å². The van der Waals surface area contributed by atoms with Gasteiger partial charge >= 0.3 is 0 Å². The van der Waals surface area contributed by atoms with Crippen LogP contribution in [0.1, 0.15) is 44.9 Å². The molecule has 0 aromatic rings. The fraction of sp³-hybridized carbons (Fsp3) is 0.692. The van der Waals surface area contributed by atoms with E-state index >= 15 is 0 Å². The van der Waals surface area contributed by atoms with E-state index in [4.69, 9.17) is 6.42 Å². The van der Waals surface area contributed by atoms with Gasteiger partial charge in [0.1, 0.15) is 0 Å². The van der Waals surface area contributed by atoms with Gasteiger partial charge in [0.05, 0.1) is 5.41 Å². The van der Waals surface area contributed by atoms with Gasteiger partial charge in [-0.1, -0.05) is 12.8 Å². The molecule has 3 nitrogen and oxygen atoms in total. The minimum atomic E-state index is -0.326. The molecule has 0 bridgehead atoms. The molecule has 1 saturated carbocycles. The number of imide groups is 1. The maximum absolute atomic E-state index is 12.2. The van der Waals surface area contributed by atoms with E-state index in [1.807, 2.05) is 0 Å². The van der Waals surface area contributed by atoms with Crippen LogP contribution in [-0.2, 0) is 9.59 Å². The number of carbonyl (C=O) groups excluding carboxylic acids is 2. The number of hydrogen-bond acceptors (Lipinski definition) is 2. The maximum atomic E-state index is 12.2. The molecular formula is C13H17NO2. The highest BCUT2D eigenvalue weighted by Crippen LogP contribution is 2.46. The zero-order valence-corrected chi connectivity index (χ0v) is 9.50. The smallest absolute Gasteiger partial charge is 0.235 e. The van der Waals surface area contributed by atoms with Gasteiger partial charge in [-0.05, 0) is 19.3 Å². The van der Waals surface area contributed by atoms with E-state index in [1.54, 1.807) is 0 Å². The topological polar surface area (TPSA) is 37.4 Å². The van der Waals surface area contributed by atoms with Crippen molar-refractivity contribution in [2.45, 2.75) is 44.9 Å². The normalized spacial score (nSPS) is 23.1. The van der Waals surface area contributed by atoms with Crippen LogP contribution in [0.4, 0.5) is 0 Å². The zero-order valence-electron chi connectivity index (χ0n) is 9.50. The predicted molar refractivity (Wildman–Crippen MR) is 60.3 cm³/mol. The van der Waals surface area contributed by atoms with Crippen LogP contribution in [0.15, 0.2) is 0 Å². The molecule has 0 N–H and O–H groups in total. The predicted octanol–water partition coefficient (Wildman–Crippen LogP) is 1.72. The Morgan fingerprint density at radius 1 is 1.31 bits per heavy atom. The van der Waals surface area contributed by atoms with Gasteiger partial charge in [0.2, 0.25) is 11.8 Å². The Kier molecular flexibility index (Phi) is 3.00. The highest BCUT2D eigenvalue weighted by molar-refractivity contribution is 6.06. The monoisotopic (exact) mass is 219 g/mol. The Hall–Kier alpha value is -1.30.